The van der Waals surface area contributed by atoms with Crippen molar-refractivity contribution < 1.29 is 27.5 Å². The number of halogens is 3. The van der Waals surface area contributed by atoms with Crippen molar-refractivity contribution in [3.05, 3.63) is 126 Å². The zero-order valence-electron chi connectivity index (χ0n) is 21.4. The van der Waals surface area contributed by atoms with Crippen LogP contribution in [0.5, 0.6) is 0 Å². The minimum Gasteiger partial charge on any atom is -0.481 e. The Morgan fingerprint density at radius 2 is 1.55 bits per heavy atom. The second-order valence-electron chi connectivity index (χ2n) is 9.45. The summed E-state index contributed by atoms with van der Waals surface area (Å²) in [6.45, 7) is 1.23. The normalized spacial score (nSPS) is 11.8. The van der Waals surface area contributed by atoms with E-state index in [1.165, 1.54) is 17.8 Å². The van der Waals surface area contributed by atoms with E-state index >= 15 is 0 Å². The number of hydrogen-bond donors (Lipinski definition) is 1. The lowest BCUT2D eigenvalue weighted by Crippen LogP contribution is -2.22. The van der Waals surface area contributed by atoms with Crippen LogP contribution in [0.3, 0.4) is 0 Å². The highest BCUT2D eigenvalue weighted by molar-refractivity contribution is 8.00. The maximum Gasteiger partial charge on any atom is 0.449 e. The number of rotatable bonds is 10. The molecule has 0 bridgehead atoms. The number of aliphatic carboxylic acids is 1. The first kappa shape index (κ1) is 27.6. The second-order valence-corrected chi connectivity index (χ2v) is 10.5. The van der Waals surface area contributed by atoms with Crippen molar-refractivity contribution in [2.24, 2.45) is 0 Å². The molecule has 1 N–H and O–H groups in total. The van der Waals surface area contributed by atoms with Crippen LogP contribution in [0.1, 0.15) is 22.6 Å². The van der Waals surface area contributed by atoms with E-state index in [0.717, 1.165) is 44.0 Å². The Morgan fingerprint density at radius 1 is 0.800 bits per heavy atom. The van der Waals surface area contributed by atoms with E-state index in [1.807, 2.05) is 84.9 Å². The molecule has 0 spiro atoms. The molecule has 0 amide bonds. The summed E-state index contributed by atoms with van der Waals surface area (Å²) in [6.07, 6.45) is -4.53. The van der Waals surface area contributed by atoms with Gasteiger partial charge in [0, 0.05) is 18.0 Å². The van der Waals surface area contributed by atoms with Crippen molar-refractivity contribution in [2.45, 2.75) is 30.7 Å². The van der Waals surface area contributed by atoms with Gasteiger partial charge >= 0.3 is 12.1 Å². The highest BCUT2D eigenvalue weighted by Gasteiger charge is 2.34. The predicted octanol–water partition coefficient (Wildman–Crippen LogP) is 8.50. The number of benzene rings is 4. The first-order valence-corrected chi connectivity index (χ1v) is 13.6. The molecular weight excluding hydrogens is 535 g/mol. The number of carboxylic acid groups (broad SMARTS) is 1. The third kappa shape index (κ3) is 6.94. The van der Waals surface area contributed by atoms with Crippen LogP contribution in [0, 0.1) is 0 Å². The van der Waals surface area contributed by atoms with E-state index in [4.69, 9.17) is 9.52 Å². The van der Waals surface area contributed by atoms with Crippen LogP contribution in [-0.2, 0) is 30.6 Å². The van der Waals surface area contributed by atoms with E-state index in [-0.39, 0.29) is 18.1 Å². The molecule has 0 radical (unpaired) electrons. The van der Waals surface area contributed by atoms with Gasteiger partial charge in [0.15, 0.2) is 0 Å². The van der Waals surface area contributed by atoms with Gasteiger partial charge in [0.2, 0.25) is 5.76 Å². The van der Waals surface area contributed by atoms with Crippen molar-refractivity contribution in [1.29, 1.82) is 0 Å². The molecule has 0 unspecified atom stereocenters. The maximum absolute atomic E-state index is 13.2. The zero-order valence-corrected chi connectivity index (χ0v) is 22.2. The van der Waals surface area contributed by atoms with E-state index in [0.29, 0.717) is 13.1 Å². The molecular formula is C32H26F3NO3S. The fraction of sp³-hybridized carbons (Fsp3) is 0.156. The van der Waals surface area contributed by atoms with Gasteiger partial charge in [0.1, 0.15) is 5.76 Å². The molecule has 4 aromatic carbocycles. The van der Waals surface area contributed by atoms with Crippen LogP contribution >= 0.6 is 11.8 Å². The Kier molecular flexibility index (Phi) is 8.28. The molecule has 1 heterocycles. The topological polar surface area (TPSA) is 53.7 Å². The average molecular weight is 562 g/mol. The number of nitrogens with zero attached hydrogens (tertiary/aromatic N) is 1. The number of hydrogen-bond acceptors (Lipinski definition) is 4. The van der Waals surface area contributed by atoms with E-state index in [2.05, 4.69) is 11.0 Å². The Labute approximate surface area is 234 Å². The Balaban J connectivity index is 1.38. The highest BCUT2D eigenvalue weighted by Crippen LogP contribution is 2.32. The summed E-state index contributed by atoms with van der Waals surface area (Å²) >= 11 is 1.27. The SMILES string of the molecule is O=C(O)CSc1cccc(-c2ccc(CN(Cc3ccc(C(F)(F)F)o3)Cc3cccc4ccccc34)cc2)c1. The summed E-state index contributed by atoms with van der Waals surface area (Å²) in [7, 11) is 0. The van der Waals surface area contributed by atoms with Crippen LogP contribution in [0.15, 0.2) is 112 Å². The van der Waals surface area contributed by atoms with Gasteiger partial charge < -0.3 is 9.52 Å². The lowest BCUT2D eigenvalue weighted by molar-refractivity contribution is -0.153. The number of thioether (sulfide) groups is 1. The largest absolute Gasteiger partial charge is 0.481 e. The Bertz CT molecular complexity index is 1610. The fourth-order valence-electron chi connectivity index (χ4n) is 4.65. The van der Waals surface area contributed by atoms with Gasteiger partial charge in [0.25, 0.3) is 0 Å². The molecule has 0 aliphatic carbocycles. The number of carbonyl (C=O) groups is 1. The van der Waals surface area contributed by atoms with Gasteiger partial charge in [0.05, 0.1) is 12.3 Å². The third-order valence-corrected chi connectivity index (χ3v) is 7.46. The summed E-state index contributed by atoms with van der Waals surface area (Å²) < 4.78 is 44.6. The van der Waals surface area contributed by atoms with Gasteiger partial charge in [-0.15, -0.1) is 11.8 Å². The first-order chi connectivity index (χ1) is 19.2. The molecule has 0 aliphatic rings. The third-order valence-electron chi connectivity index (χ3n) is 6.48. The summed E-state index contributed by atoms with van der Waals surface area (Å²) in [5, 5.41) is 11.2. The number of alkyl halides is 3. The van der Waals surface area contributed by atoms with Crippen molar-refractivity contribution in [2.75, 3.05) is 5.75 Å². The van der Waals surface area contributed by atoms with Crippen LogP contribution in [0.4, 0.5) is 13.2 Å². The predicted molar refractivity (Wildman–Crippen MR) is 151 cm³/mol. The first-order valence-electron chi connectivity index (χ1n) is 12.6. The van der Waals surface area contributed by atoms with Gasteiger partial charge in [-0.3, -0.25) is 9.69 Å². The number of fused-ring (bicyclic) bond motifs is 1. The van der Waals surface area contributed by atoms with Gasteiger partial charge in [-0.2, -0.15) is 13.2 Å². The molecule has 0 aliphatic heterocycles. The fourth-order valence-corrected chi connectivity index (χ4v) is 5.32. The van der Waals surface area contributed by atoms with Gasteiger partial charge in [-0.1, -0.05) is 78.9 Å². The second kappa shape index (κ2) is 12.0. The molecule has 1 aromatic heterocycles. The van der Waals surface area contributed by atoms with Crippen molar-refractivity contribution in [3.63, 3.8) is 0 Å². The van der Waals surface area contributed by atoms with Crippen LogP contribution < -0.4 is 0 Å². The summed E-state index contributed by atoms with van der Waals surface area (Å²) in [4.78, 5) is 13.9. The van der Waals surface area contributed by atoms with Gasteiger partial charge in [-0.05, 0) is 57.3 Å². The molecule has 4 nitrogen and oxygen atoms in total. The molecule has 0 saturated carbocycles. The van der Waals surface area contributed by atoms with Crippen LogP contribution in [0.25, 0.3) is 21.9 Å². The standard InChI is InChI=1S/C32H26F3NO3S/c33-32(34,35)30-16-15-27(39-30)20-36(19-26-8-3-6-24-5-1-2-10-29(24)26)18-22-11-13-23(14-12-22)25-7-4-9-28(17-25)40-21-31(37)38/h1-17H,18-21H2,(H,37,38). The smallest absolute Gasteiger partial charge is 0.449 e. The van der Waals surface area contributed by atoms with Crippen LogP contribution in [-0.4, -0.2) is 21.7 Å². The zero-order chi connectivity index (χ0) is 28.1. The molecule has 0 atom stereocenters. The molecule has 0 saturated heterocycles. The van der Waals surface area contributed by atoms with Crippen LogP contribution in [0.2, 0.25) is 0 Å². The molecule has 8 heteroatoms. The van der Waals surface area contributed by atoms with Crippen molar-refractivity contribution >= 4 is 28.5 Å². The minimum absolute atomic E-state index is 0.00490. The maximum atomic E-state index is 13.2. The van der Waals surface area contributed by atoms with E-state index in [1.54, 1.807) is 0 Å². The summed E-state index contributed by atoms with van der Waals surface area (Å²) in [6, 6.07) is 32.2. The molecule has 204 valence electrons. The average Bonchev–Trinajstić information content (AvgIpc) is 3.42. The lowest BCUT2D eigenvalue weighted by atomic mass is 10.0. The quantitative estimate of drug-likeness (QED) is 0.173. The summed E-state index contributed by atoms with van der Waals surface area (Å²) in [5.41, 5.74) is 4.05. The lowest BCUT2D eigenvalue weighted by Gasteiger charge is -2.23. The van der Waals surface area contributed by atoms with E-state index < -0.39 is 17.9 Å². The monoisotopic (exact) mass is 561 g/mol. The minimum atomic E-state index is -4.53. The molecule has 40 heavy (non-hydrogen) atoms. The van der Waals surface area contributed by atoms with Crippen molar-refractivity contribution in [3.8, 4) is 11.1 Å². The van der Waals surface area contributed by atoms with Gasteiger partial charge in [-0.25, -0.2) is 0 Å². The Hall–Kier alpha value is -4.01. The number of carboxylic acids is 1. The number of furan rings is 1. The molecule has 0 fully saturated rings. The Morgan fingerprint density at radius 3 is 2.30 bits per heavy atom. The highest BCUT2D eigenvalue weighted by atomic mass is 32.2. The van der Waals surface area contributed by atoms with Crippen molar-refractivity contribution in [1.82, 2.24) is 4.90 Å². The van der Waals surface area contributed by atoms with E-state index in [9.17, 15) is 18.0 Å². The molecule has 5 rings (SSSR count). The summed E-state index contributed by atoms with van der Waals surface area (Å²) in [5.74, 6) is -1.62. The molecule has 5 aromatic rings.